The maximum atomic E-state index is 13.5. The third kappa shape index (κ3) is 2.91. The molecule has 2 aromatic heterocycles. The van der Waals surface area contributed by atoms with E-state index in [1.807, 2.05) is 36.5 Å². The Bertz CT molecular complexity index is 1200. The van der Waals surface area contributed by atoms with E-state index in [0.29, 0.717) is 17.2 Å². The summed E-state index contributed by atoms with van der Waals surface area (Å²) in [4.78, 5) is 17.1. The molecule has 0 atom stereocenters. The monoisotopic (exact) mass is 355 g/mol. The van der Waals surface area contributed by atoms with Crippen molar-refractivity contribution >= 4 is 28.6 Å². The van der Waals surface area contributed by atoms with E-state index in [1.165, 1.54) is 17.8 Å². The van der Waals surface area contributed by atoms with Crippen LogP contribution in [0.15, 0.2) is 65.8 Å². The predicted molar refractivity (Wildman–Crippen MR) is 104 cm³/mol. The highest BCUT2D eigenvalue weighted by Crippen LogP contribution is 2.28. The molecule has 4 aromatic rings. The fourth-order valence-electron chi connectivity index (χ4n) is 3.16. The van der Waals surface area contributed by atoms with E-state index in [2.05, 4.69) is 37.4 Å². The Balaban J connectivity index is 1.63. The molecule has 27 heavy (non-hydrogen) atoms. The molecule has 0 saturated carbocycles. The number of para-hydroxylation sites is 1. The van der Waals surface area contributed by atoms with Crippen LogP contribution in [0.3, 0.4) is 0 Å². The molecular weight excluding hydrogens is 341 g/mol. The molecule has 2 aromatic carbocycles. The van der Waals surface area contributed by atoms with Crippen molar-refractivity contribution in [2.45, 2.75) is 6.54 Å². The number of hydrogen-bond acceptors (Lipinski definition) is 5. The number of benzene rings is 2. The van der Waals surface area contributed by atoms with Gasteiger partial charge in [0.05, 0.1) is 12.1 Å². The van der Waals surface area contributed by atoms with Crippen molar-refractivity contribution < 1.29 is 4.39 Å². The van der Waals surface area contributed by atoms with Gasteiger partial charge in [0.15, 0.2) is 5.82 Å². The van der Waals surface area contributed by atoms with Crippen LogP contribution in [0.5, 0.6) is 0 Å². The second-order valence-corrected chi connectivity index (χ2v) is 6.29. The first-order chi connectivity index (χ1) is 13.3. The van der Waals surface area contributed by atoms with E-state index < -0.39 is 5.95 Å². The molecular formula is C21H14FN5. The van der Waals surface area contributed by atoms with Crippen LogP contribution in [0.4, 0.5) is 15.9 Å². The lowest BCUT2D eigenvalue weighted by molar-refractivity contribution is 0.584. The van der Waals surface area contributed by atoms with Crippen molar-refractivity contribution in [2.24, 2.45) is 4.99 Å². The van der Waals surface area contributed by atoms with Gasteiger partial charge in [-0.25, -0.2) is 15.0 Å². The molecule has 0 bridgehead atoms. The van der Waals surface area contributed by atoms with Crippen molar-refractivity contribution in [1.29, 1.82) is 0 Å². The largest absolute Gasteiger partial charge is 0.340 e. The van der Waals surface area contributed by atoms with Crippen LogP contribution in [0.25, 0.3) is 22.3 Å². The number of rotatable bonds is 3. The Hall–Kier alpha value is -3.67. The van der Waals surface area contributed by atoms with Crippen LogP contribution in [-0.2, 0) is 6.54 Å². The first-order valence-corrected chi connectivity index (χ1v) is 8.55. The number of anilines is 2. The zero-order valence-corrected chi connectivity index (χ0v) is 14.2. The summed E-state index contributed by atoms with van der Waals surface area (Å²) in [6.07, 6.45) is 3.29. The zero-order valence-electron chi connectivity index (χ0n) is 14.2. The minimum absolute atomic E-state index is 0.445. The maximum absolute atomic E-state index is 13.5. The summed E-state index contributed by atoms with van der Waals surface area (Å²) in [5.41, 5.74) is 4.59. The summed E-state index contributed by atoms with van der Waals surface area (Å²) in [5.74, 6) is 0.555. The minimum Gasteiger partial charge on any atom is -0.340 e. The maximum Gasteiger partial charge on any atom is 0.213 e. The smallest absolute Gasteiger partial charge is 0.213 e. The molecule has 1 N–H and O–H groups in total. The molecule has 6 heteroatoms. The average Bonchev–Trinajstić information content (AvgIpc) is 3.16. The molecule has 1 aliphatic heterocycles. The van der Waals surface area contributed by atoms with Gasteiger partial charge in [0.1, 0.15) is 5.82 Å². The third-order valence-electron chi connectivity index (χ3n) is 4.49. The second-order valence-electron chi connectivity index (χ2n) is 6.29. The summed E-state index contributed by atoms with van der Waals surface area (Å²) in [6, 6.07) is 16.9. The fraction of sp³-hybridized carbons (Fsp3) is 0.0476. The van der Waals surface area contributed by atoms with Gasteiger partial charge in [-0.05, 0) is 41.5 Å². The van der Waals surface area contributed by atoms with Crippen LogP contribution in [0, 0.1) is 5.95 Å². The Labute approximate surface area is 154 Å². The normalized spacial score (nSPS) is 12.3. The lowest BCUT2D eigenvalue weighted by Gasteiger charge is -2.12. The first kappa shape index (κ1) is 15.6. The molecule has 0 spiro atoms. The van der Waals surface area contributed by atoms with Gasteiger partial charge in [0.2, 0.25) is 5.95 Å². The standard InChI is InChI=1S/C21H14FN5/c22-19-10-13(7-8-24-19)20-26-18-4-2-1-3-17(18)21(27-20)25-16-6-5-14-11-23-12-15(14)9-16/h1-10,12H,11H2,(H,25,26,27). The van der Waals surface area contributed by atoms with E-state index in [0.717, 1.165) is 28.7 Å². The Morgan fingerprint density at radius 3 is 2.81 bits per heavy atom. The molecule has 0 saturated heterocycles. The number of aromatic nitrogens is 3. The van der Waals surface area contributed by atoms with Crippen LogP contribution < -0.4 is 5.32 Å². The van der Waals surface area contributed by atoms with Crippen LogP contribution in [0.1, 0.15) is 11.1 Å². The summed E-state index contributed by atoms with van der Waals surface area (Å²) in [6.45, 7) is 0.726. The number of aliphatic imine (C=N–C) groups is 1. The van der Waals surface area contributed by atoms with E-state index in [4.69, 9.17) is 0 Å². The van der Waals surface area contributed by atoms with Crippen LogP contribution in [0.2, 0.25) is 0 Å². The van der Waals surface area contributed by atoms with Crippen LogP contribution >= 0.6 is 0 Å². The molecule has 0 unspecified atom stereocenters. The summed E-state index contributed by atoms with van der Waals surface area (Å²) in [5, 5.41) is 4.27. The van der Waals surface area contributed by atoms with Crippen LogP contribution in [-0.4, -0.2) is 21.2 Å². The van der Waals surface area contributed by atoms with Crippen molar-refractivity contribution in [3.63, 3.8) is 0 Å². The summed E-state index contributed by atoms with van der Waals surface area (Å²) in [7, 11) is 0. The molecule has 1 aliphatic rings. The molecule has 3 heterocycles. The highest BCUT2D eigenvalue weighted by molar-refractivity contribution is 5.93. The first-order valence-electron chi connectivity index (χ1n) is 8.55. The highest BCUT2D eigenvalue weighted by Gasteiger charge is 2.12. The molecule has 130 valence electrons. The number of nitrogens with zero attached hydrogens (tertiary/aromatic N) is 4. The van der Waals surface area contributed by atoms with Crippen molar-refractivity contribution in [3.05, 3.63) is 77.9 Å². The average molecular weight is 355 g/mol. The van der Waals surface area contributed by atoms with E-state index in [9.17, 15) is 4.39 Å². The molecule has 0 amide bonds. The lowest BCUT2D eigenvalue weighted by Crippen LogP contribution is -2.00. The Kier molecular flexibility index (Phi) is 3.60. The molecule has 5 nitrogen and oxygen atoms in total. The highest BCUT2D eigenvalue weighted by atomic mass is 19.1. The third-order valence-corrected chi connectivity index (χ3v) is 4.49. The predicted octanol–water partition coefficient (Wildman–Crippen LogP) is 4.51. The Morgan fingerprint density at radius 2 is 1.89 bits per heavy atom. The second kappa shape index (κ2) is 6.25. The van der Waals surface area contributed by atoms with Gasteiger partial charge in [-0.1, -0.05) is 18.2 Å². The van der Waals surface area contributed by atoms with Crippen molar-refractivity contribution in [2.75, 3.05) is 5.32 Å². The molecule has 0 fully saturated rings. The van der Waals surface area contributed by atoms with Crippen molar-refractivity contribution in [1.82, 2.24) is 15.0 Å². The van der Waals surface area contributed by atoms with E-state index in [-0.39, 0.29) is 0 Å². The topological polar surface area (TPSA) is 63.1 Å². The van der Waals surface area contributed by atoms with Gasteiger partial charge < -0.3 is 5.32 Å². The SMILES string of the molecule is Fc1cc(-c2nc(Nc3ccc4c(c3)C=NC4)c3ccccc3n2)ccn1. The van der Waals surface area contributed by atoms with Gasteiger partial charge in [-0.15, -0.1) is 0 Å². The summed E-state index contributed by atoms with van der Waals surface area (Å²) >= 11 is 0. The van der Waals surface area contributed by atoms with Gasteiger partial charge in [-0.3, -0.25) is 4.99 Å². The van der Waals surface area contributed by atoms with E-state index in [1.54, 1.807) is 6.07 Å². The minimum atomic E-state index is -0.559. The van der Waals surface area contributed by atoms with Gasteiger partial charge in [0, 0.05) is 35.1 Å². The van der Waals surface area contributed by atoms with Gasteiger partial charge in [0.25, 0.3) is 0 Å². The van der Waals surface area contributed by atoms with Gasteiger partial charge in [-0.2, -0.15) is 4.39 Å². The zero-order chi connectivity index (χ0) is 18.2. The number of halogens is 1. The lowest BCUT2D eigenvalue weighted by atomic mass is 10.1. The molecule has 5 rings (SSSR count). The number of fused-ring (bicyclic) bond motifs is 2. The molecule has 0 radical (unpaired) electrons. The molecule has 0 aliphatic carbocycles. The van der Waals surface area contributed by atoms with E-state index >= 15 is 0 Å². The van der Waals surface area contributed by atoms with Gasteiger partial charge >= 0.3 is 0 Å². The fourth-order valence-corrected chi connectivity index (χ4v) is 3.16. The Morgan fingerprint density at radius 1 is 0.963 bits per heavy atom. The van der Waals surface area contributed by atoms with Crippen molar-refractivity contribution in [3.8, 4) is 11.4 Å². The number of hydrogen-bond donors (Lipinski definition) is 1. The summed E-state index contributed by atoms with van der Waals surface area (Å²) < 4.78 is 13.5. The number of nitrogens with one attached hydrogen (secondary N) is 1. The quantitative estimate of drug-likeness (QED) is 0.549. The number of pyridine rings is 1.